The summed E-state index contributed by atoms with van der Waals surface area (Å²) in [5, 5.41) is 0. The Morgan fingerprint density at radius 3 is 2.08 bits per heavy atom. The van der Waals surface area contributed by atoms with Crippen molar-refractivity contribution in [3.05, 3.63) is 179 Å². The number of aryl methyl sites for hydroxylation is 1. The van der Waals surface area contributed by atoms with Crippen molar-refractivity contribution in [1.82, 2.24) is 0 Å². The molecular formula is C42H37N3O5S. The molecule has 9 heteroatoms. The Morgan fingerprint density at radius 1 is 0.706 bits per heavy atom. The number of nitrogens with zero attached hydrogens (tertiary/aromatic N) is 2. The predicted octanol–water partition coefficient (Wildman–Crippen LogP) is 8.75. The lowest BCUT2D eigenvalue weighted by molar-refractivity contribution is 0.0967. The minimum Gasteiger partial charge on any atom is -0.497 e. The van der Waals surface area contributed by atoms with E-state index in [1.165, 1.54) is 6.07 Å². The summed E-state index contributed by atoms with van der Waals surface area (Å²) < 4.78 is 41.7. The van der Waals surface area contributed by atoms with E-state index in [2.05, 4.69) is 9.62 Å². The third-order valence-corrected chi connectivity index (χ3v) is 10.2. The van der Waals surface area contributed by atoms with Gasteiger partial charge in [-0.05, 0) is 90.3 Å². The van der Waals surface area contributed by atoms with Crippen molar-refractivity contribution in [1.29, 1.82) is 0 Å². The summed E-state index contributed by atoms with van der Waals surface area (Å²) in [4.78, 5) is 18.7. The molecule has 1 amide bonds. The average Bonchev–Trinajstić information content (AvgIpc) is 3.16. The second-order valence-corrected chi connectivity index (χ2v) is 14.0. The van der Waals surface area contributed by atoms with E-state index in [1.807, 2.05) is 128 Å². The topological polar surface area (TPSA) is 88.2 Å². The van der Waals surface area contributed by atoms with Gasteiger partial charge in [-0.3, -0.25) is 14.4 Å². The zero-order chi connectivity index (χ0) is 35.4. The third kappa shape index (κ3) is 7.29. The van der Waals surface area contributed by atoms with Crippen molar-refractivity contribution in [3.8, 4) is 11.5 Å². The number of benzene rings is 6. The van der Waals surface area contributed by atoms with Gasteiger partial charge in [0.05, 0.1) is 23.3 Å². The van der Waals surface area contributed by atoms with Gasteiger partial charge in [-0.1, -0.05) is 90.5 Å². The lowest BCUT2D eigenvalue weighted by atomic mass is 9.99. The molecule has 0 aromatic heterocycles. The van der Waals surface area contributed by atoms with Crippen molar-refractivity contribution in [2.75, 3.05) is 21.6 Å². The van der Waals surface area contributed by atoms with Crippen molar-refractivity contribution in [2.24, 2.45) is 0 Å². The van der Waals surface area contributed by atoms with Gasteiger partial charge in [0.15, 0.2) is 0 Å². The molecule has 6 aromatic carbocycles. The first-order valence-corrected chi connectivity index (χ1v) is 18.1. The van der Waals surface area contributed by atoms with E-state index in [9.17, 15) is 13.2 Å². The summed E-state index contributed by atoms with van der Waals surface area (Å²) in [7, 11) is -2.43. The molecule has 0 bridgehead atoms. The van der Waals surface area contributed by atoms with Crippen LogP contribution in [0, 0.1) is 6.92 Å². The summed E-state index contributed by atoms with van der Waals surface area (Å²) in [6.45, 7) is 2.76. The molecule has 8 nitrogen and oxygen atoms in total. The monoisotopic (exact) mass is 695 g/mol. The van der Waals surface area contributed by atoms with Gasteiger partial charge < -0.3 is 14.4 Å². The molecule has 6 aromatic rings. The Morgan fingerprint density at radius 2 is 1.39 bits per heavy atom. The summed E-state index contributed by atoms with van der Waals surface area (Å²) >= 11 is 0. The number of anilines is 3. The van der Waals surface area contributed by atoms with Crippen LogP contribution in [0.15, 0.2) is 157 Å². The summed E-state index contributed by atoms with van der Waals surface area (Å²) in [5.41, 5.74) is 5.83. The SMILES string of the molecule is COc1ccc(N2C(=O)c3cc(S(=O)(=O)Nc4ccc(C)cc4)ccc3N(Cc3ccccc3)[C@H]2c2cccc(OCc3ccccc3)c2)cc1. The van der Waals surface area contributed by atoms with E-state index < -0.39 is 16.2 Å². The Labute approximate surface area is 298 Å². The van der Waals surface area contributed by atoms with Crippen LogP contribution in [0.5, 0.6) is 11.5 Å². The van der Waals surface area contributed by atoms with Crippen LogP contribution in [0.1, 0.15) is 38.8 Å². The summed E-state index contributed by atoms with van der Waals surface area (Å²) in [5.74, 6) is 0.966. The highest BCUT2D eigenvalue weighted by Gasteiger charge is 2.40. The number of sulfonamides is 1. The maximum atomic E-state index is 14.8. The Balaban J connectivity index is 1.35. The van der Waals surface area contributed by atoms with Gasteiger partial charge >= 0.3 is 0 Å². The van der Waals surface area contributed by atoms with E-state index in [1.54, 1.807) is 36.3 Å². The number of hydrogen-bond acceptors (Lipinski definition) is 6. The first kappa shape index (κ1) is 33.4. The Kier molecular flexibility index (Phi) is 9.46. The summed E-state index contributed by atoms with van der Waals surface area (Å²) in [6, 6.07) is 46.9. The zero-order valence-electron chi connectivity index (χ0n) is 28.3. The zero-order valence-corrected chi connectivity index (χ0v) is 29.1. The summed E-state index contributed by atoms with van der Waals surface area (Å²) in [6.07, 6.45) is -0.619. The number of methoxy groups -OCH3 is 1. The van der Waals surface area contributed by atoms with Crippen molar-refractivity contribution < 1.29 is 22.7 Å². The van der Waals surface area contributed by atoms with Gasteiger partial charge in [0.25, 0.3) is 15.9 Å². The molecule has 0 unspecified atom stereocenters. The van der Waals surface area contributed by atoms with Gasteiger partial charge in [-0.25, -0.2) is 8.42 Å². The second kappa shape index (κ2) is 14.4. The van der Waals surface area contributed by atoms with Crippen LogP contribution in [0.25, 0.3) is 0 Å². The molecule has 7 rings (SSSR count). The Hall–Kier alpha value is -6.06. The molecule has 1 aliphatic heterocycles. The minimum atomic E-state index is -4.02. The van der Waals surface area contributed by atoms with Crippen LogP contribution in [0.4, 0.5) is 17.1 Å². The third-order valence-electron chi connectivity index (χ3n) is 8.83. The van der Waals surface area contributed by atoms with Gasteiger partial charge in [0.2, 0.25) is 0 Å². The molecule has 0 fully saturated rings. The molecular weight excluding hydrogens is 659 g/mol. The minimum absolute atomic E-state index is 0.0146. The first-order valence-electron chi connectivity index (χ1n) is 16.6. The maximum Gasteiger partial charge on any atom is 0.262 e. The standard InChI is InChI=1S/C42H37N3O5S/c1-30-16-18-34(19-17-30)43-51(47,48)38-24-25-40-39(27-38)42(46)45(35-20-22-36(49-2)23-21-35)41(44(40)28-31-10-5-3-6-11-31)33-14-9-15-37(26-33)50-29-32-12-7-4-8-13-32/h3-27,41,43H,28-29H2,1-2H3/t41-/m1/s1. The second-order valence-electron chi connectivity index (χ2n) is 12.4. The number of carbonyl (C=O) groups is 1. The molecule has 1 heterocycles. The van der Waals surface area contributed by atoms with Crippen LogP contribution in [0.2, 0.25) is 0 Å². The Bertz CT molecular complexity index is 2250. The quantitative estimate of drug-likeness (QED) is 0.146. The van der Waals surface area contributed by atoms with Crippen LogP contribution in [-0.4, -0.2) is 21.4 Å². The van der Waals surface area contributed by atoms with Crippen molar-refractivity contribution >= 4 is 33.0 Å². The molecule has 0 aliphatic carbocycles. The van der Waals surface area contributed by atoms with Gasteiger partial charge in [-0.15, -0.1) is 0 Å². The maximum absolute atomic E-state index is 14.8. The fourth-order valence-electron chi connectivity index (χ4n) is 6.24. The fraction of sp³-hybridized carbons (Fsp3) is 0.119. The van der Waals surface area contributed by atoms with E-state index >= 15 is 0 Å². The van der Waals surface area contributed by atoms with Crippen LogP contribution >= 0.6 is 0 Å². The molecule has 0 saturated carbocycles. The van der Waals surface area contributed by atoms with Gasteiger partial charge in [-0.2, -0.15) is 0 Å². The lowest BCUT2D eigenvalue weighted by Gasteiger charge is -2.46. The van der Waals surface area contributed by atoms with Crippen molar-refractivity contribution in [2.45, 2.75) is 31.1 Å². The number of rotatable bonds is 11. The molecule has 51 heavy (non-hydrogen) atoms. The molecule has 1 aliphatic rings. The average molecular weight is 696 g/mol. The van der Waals surface area contributed by atoms with Crippen LogP contribution < -0.4 is 24.0 Å². The lowest BCUT2D eigenvalue weighted by Crippen LogP contribution is -2.49. The number of ether oxygens (including phenoxy) is 2. The highest BCUT2D eigenvalue weighted by Crippen LogP contribution is 2.44. The molecule has 256 valence electrons. The van der Waals surface area contributed by atoms with Gasteiger partial charge in [0.1, 0.15) is 24.3 Å². The van der Waals surface area contributed by atoms with Gasteiger partial charge in [0, 0.05) is 17.9 Å². The smallest absolute Gasteiger partial charge is 0.262 e. The predicted molar refractivity (Wildman–Crippen MR) is 201 cm³/mol. The largest absolute Gasteiger partial charge is 0.497 e. The first-order chi connectivity index (χ1) is 24.8. The van der Waals surface area contributed by atoms with E-state index in [-0.39, 0.29) is 16.4 Å². The fourth-order valence-corrected chi connectivity index (χ4v) is 7.32. The molecule has 0 saturated heterocycles. The molecule has 1 atom stereocenters. The number of carbonyl (C=O) groups excluding carboxylic acids is 1. The van der Waals surface area contributed by atoms with E-state index in [0.29, 0.717) is 41.7 Å². The highest BCUT2D eigenvalue weighted by molar-refractivity contribution is 7.92. The number of hydrogen-bond donors (Lipinski definition) is 1. The van der Waals surface area contributed by atoms with E-state index in [4.69, 9.17) is 9.47 Å². The van der Waals surface area contributed by atoms with Crippen LogP contribution in [-0.2, 0) is 23.2 Å². The molecule has 0 spiro atoms. The highest BCUT2D eigenvalue weighted by atomic mass is 32.2. The van der Waals surface area contributed by atoms with Crippen LogP contribution in [0.3, 0.4) is 0 Å². The number of nitrogens with one attached hydrogen (secondary N) is 1. The molecule has 0 radical (unpaired) electrons. The molecule has 1 N–H and O–H groups in total. The normalized spacial score (nSPS) is 14.2. The number of amides is 1. The number of fused-ring (bicyclic) bond motifs is 1. The van der Waals surface area contributed by atoms with Crippen molar-refractivity contribution in [3.63, 3.8) is 0 Å². The van der Waals surface area contributed by atoms with E-state index in [0.717, 1.165) is 22.3 Å².